The molecule has 0 saturated carbocycles. The van der Waals surface area contributed by atoms with E-state index in [-0.39, 0.29) is 22.9 Å². The highest BCUT2D eigenvalue weighted by molar-refractivity contribution is 7.99. The molecule has 5 aromatic rings. The number of benzene rings is 3. The molecule has 200 valence electrons. The first-order valence-corrected chi connectivity index (χ1v) is 13.3. The number of imidazole rings is 1. The zero-order valence-electron chi connectivity index (χ0n) is 21.3. The standard InChI is InChI=1S/C30H22F2N4O3S/c1-30(16-33,18-5-3-4-17(12-18)6-9-26(37)38)25-15-35-29(36-25)21-13-19(7-8-22(21)31)39-27-23(32)14-24-20(10-11-34-24)28(27)40-2/h3-15,34H,1-2H3,(H,35,36)(H,37,38). The number of nitriles is 1. The Kier molecular flexibility index (Phi) is 7.15. The number of aromatic nitrogens is 3. The van der Waals surface area contributed by atoms with Crippen LogP contribution in [0.3, 0.4) is 0 Å². The number of hydrogen-bond donors (Lipinski definition) is 3. The maximum absolute atomic E-state index is 15.0. The molecular formula is C30H22F2N4O3S. The van der Waals surface area contributed by atoms with E-state index in [4.69, 9.17) is 9.84 Å². The predicted molar refractivity (Wildman–Crippen MR) is 149 cm³/mol. The van der Waals surface area contributed by atoms with Crippen molar-refractivity contribution < 1.29 is 23.4 Å². The Bertz CT molecular complexity index is 1820. The van der Waals surface area contributed by atoms with E-state index in [0.29, 0.717) is 27.2 Å². The van der Waals surface area contributed by atoms with Gasteiger partial charge in [0, 0.05) is 29.2 Å². The molecule has 0 fully saturated rings. The van der Waals surface area contributed by atoms with Crippen LogP contribution in [0, 0.1) is 23.0 Å². The monoisotopic (exact) mass is 556 g/mol. The summed E-state index contributed by atoms with van der Waals surface area (Å²) in [6.07, 6.45) is 7.44. The molecule has 0 bridgehead atoms. The van der Waals surface area contributed by atoms with Gasteiger partial charge in [-0.2, -0.15) is 5.26 Å². The third kappa shape index (κ3) is 4.95. The molecule has 3 N–H and O–H groups in total. The van der Waals surface area contributed by atoms with Gasteiger partial charge in [-0.25, -0.2) is 18.6 Å². The summed E-state index contributed by atoms with van der Waals surface area (Å²) in [6, 6.07) is 16.4. The average Bonchev–Trinajstić information content (AvgIpc) is 3.63. The van der Waals surface area contributed by atoms with Gasteiger partial charge >= 0.3 is 5.97 Å². The van der Waals surface area contributed by atoms with Crippen molar-refractivity contribution in [3.8, 4) is 29.0 Å². The summed E-state index contributed by atoms with van der Waals surface area (Å²) < 4.78 is 35.9. The van der Waals surface area contributed by atoms with Crippen molar-refractivity contribution in [2.45, 2.75) is 17.2 Å². The Morgan fingerprint density at radius 1 is 1.18 bits per heavy atom. The Hall–Kier alpha value is -4.88. The molecule has 5 rings (SSSR count). The number of aliphatic carboxylic acids is 1. The Labute approximate surface area is 232 Å². The van der Waals surface area contributed by atoms with Gasteiger partial charge in [0.15, 0.2) is 11.6 Å². The fourth-order valence-electron chi connectivity index (χ4n) is 4.40. The van der Waals surface area contributed by atoms with Gasteiger partial charge in [0.25, 0.3) is 0 Å². The molecule has 10 heteroatoms. The Morgan fingerprint density at radius 2 is 2.00 bits per heavy atom. The highest BCUT2D eigenvalue weighted by atomic mass is 32.2. The van der Waals surface area contributed by atoms with E-state index < -0.39 is 23.0 Å². The topological polar surface area (TPSA) is 115 Å². The molecule has 0 spiro atoms. The van der Waals surface area contributed by atoms with Crippen molar-refractivity contribution in [2.24, 2.45) is 0 Å². The predicted octanol–water partition coefficient (Wildman–Crippen LogP) is 7.28. The Morgan fingerprint density at radius 3 is 2.75 bits per heavy atom. The number of nitrogens with zero attached hydrogens (tertiary/aromatic N) is 2. The van der Waals surface area contributed by atoms with E-state index in [1.165, 1.54) is 48.3 Å². The van der Waals surface area contributed by atoms with E-state index >= 15 is 0 Å². The van der Waals surface area contributed by atoms with Crippen molar-refractivity contribution in [2.75, 3.05) is 6.26 Å². The van der Waals surface area contributed by atoms with E-state index in [2.05, 4.69) is 21.0 Å². The lowest BCUT2D eigenvalue weighted by molar-refractivity contribution is -0.131. The highest BCUT2D eigenvalue weighted by Crippen LogP contribution is 2.41. The summed E-state index contributed by atoms with van der Waals surface area (Å²) in [5, 5.41) is 19.9. The van der Waals surface area contributed by atoms with Gasteiger partial charge in [-0.1, -0.05) is 18.2 Å². The van der Waals surface area contributed by atoms with Crippen LogP contribution in [0.15, 0.2) is 78.0 Å². The number of carboxylic acids is 1. The number of rotatable bonds is 8. The van der Waals surface area contributed by atoms with Crippen LogP contribution in [0.5, 0.6) is 11.5 Å². The van der Waals surface area contributed by atoms with Gasteiger partial charge in [0.1, 0.15) is 22.8 Å². The smallest absolute Gasteiger partial charge is 0.328 e. The quantitative estimate of drug-likeness (QED) is 0.137. The summed E-state index contributed by atoms with van der Waals surface area (Å²) >= 11 is 1.34. The molecule has 40 heavy (non-hydrogen) atoms. The molecule has 0 amide bonds. The zero-order chi connectivity index (χ0) is 28.4. The van der Waals surface area contributed by atoms with Gasteiger partial charge < -0.3 is 19.8 Å². The zero-order valence-corrected chi connectivity index (χ0v) is 22.1. The van der Waals surface area contributed by atoms with Crippen LogP contribution in [0.2, 0.25) is 0 Å². The summed E-state index contributed by atoms with van der Waals surface area (Å²) in [4.78, 5) is 21.9. The first-order valence-electron chi connectivity index (χ1n) is 12.0. The number of hydrogen-bond acceptors (Lipinski definition) is 5. The number of aromatic amines is 2. The first kappa shape index (κ1) is 26.7. The lowest BCUT2D eigenvalue weighted by Crippen LogP contribution is -2.22. The molecule has 0 aliphatic rings. The van der Waals surface area contributed by atoms with Crippen LogP contribution >= 0.6 is 11.8 Å². The molecule has 1 atom stereocenters. The van der Waals surface area contributed by atoms with Gasteiger partial charge in [-0.05, 0) is 60.7 Å². The minimum atomic E-state index is -1.20. The molecule has 2 heterocycles. The maximum atomic E-state index is 15.0. The second-order valence-electron chi connectivity index (χ2n) is 9.08. The number of ether oxygens (including phenoxy) is 1. The molecular weight excluding hydrogens is 534 g/mol. The largest absolute Gasteiger partial charge is 0.478 e. The molecule has 0 radical (unpaired) electrons. The molecule has 7 nitrogen and oxygen atoms in total. The molecule has 0 aliphatic heterocycles. The second-order valence-corrected chi connectivity index (χ2v) is 9.90. The number of carbonyl (C=O) groups is 1. The summed E-state index contributed by atoms with van der Waals surface area (Å²) in [6.45, 7) is 1.68. The second kappa shape index (κ2) is 10.7. The van der Waals surface area contributed by atoms with Crippen LogP contribution < -0.4 is 4.74 Å². The summed E-state index contributed by atoms with van der Waals surface area (Å²) in [7, 11) is 0. The Balaban J connectivity index is 1.49. The van der Waals surface area contributed by atoms with Gasteiger partial charge in [0.05, 0.1) is 28.4 Å². The van der Waals surface area contributed by atoms with Crippen molar-refractivity contribution in [3.05, 3.63) is 102 Å². The molecule has 1 unspecified atom stereocenters. The average molecular weight is 557 g/mol. The number of thioether (sulfide) groups is 1. The molecule has 3 aromatic carbocycles. The third-order valence-corrected chi connectivity index (χ3v) is 7.37. The van der Waals surface area contributed by atoms with Gasteiger partial charge in [-0.3, -0.25) is 0 Å². The minimum Gasteiger partial charge on any atom is -0.478 e. The maximum Gasteiger partial charge on any atom is 0.328 e. The number of H-pyrrole nitrogens is 2. The third-order valence-electron chi connectivity index (χ3n) is 6.56. The van der Waals surface area contributed by atoms with Crippen LogP contribution in [0.25, 0.3) is 28.4 Å². The van der Waals surface area contributed by atoms with E-state index in [1.54, 1.807) is 37.4 Å². The van der Waals surface area contributed by atoms with E-state index in [9.17, 15) is 18.8 Å². The van der Waals surface area contributed by atoms with Gasteiger partial charge in [-0.15, -0.1) is 11.8 Å². The van der Waals surface area contributed by atoms with Crippen LogP contribution in [0.1, 0.15) is 23.7 Å². The molecule has 2 aromatic heterocycles. The number of fused-ring (bicyclic) bond motifs is 1. The van der Waals surface area contributed by atoms with Crippen molar-refractivity contribution in [1.82, 2.24) is 15.0 Å². The normalized spacial score (nSPS) is 12.9. The lowest BCUT2D eigenvalue weighted by atomic mass is 9.80. The van der Waals surface area contributed by atoms with Crippen LogP contribution in [0.4, 0.5) is 8.78 Å². The van der Waals surface area contributed by atoms with Crippen molar-refractivity contribution >= 4 is 34.7 Å². The van der Waals surface area contributed by atoms with Gasteiger partial charge in [0.2, 0.25) is 0 Å². The van der Waals surface area contributed by atoms with Crippen LogP contribution in [-0.4, -0.2) is 32.3 Å². The summed E-state index contributed by atoms with van der Waals surface area (Å²) in [5.41, 5.74) is 1.12. The van der Waals surface area contributed by atoms with Crippen molar-refractivity contribution in [3.63, 3.8) is 0 Å². The van der Waals surface area contributed by atoms with E-state index in [1.807, 2.05) is 12.3 Å². The summed E-state index contributed by atoms with van der Waals surface area (Å²) in [5.74, 6) is -1.83. The highest BCUT2D eigenvalue weighted by Gasteiger charge is 2.32. The van der Waals surface area contributed by atoms with Crippen LogP contribution in [-0.2, 0) is 10.2 Å². The van der Waals surface area contributed by atoms with Crippen molar-refractivity contribution in [1.29, 1.82) is 5.26 Å². The first-order chi connectivity index (χ1) is 19.2. The fourth-order valence-corrected chi connectivity index (χ4v) is 5.12. The van der Waals surface area contributed by atoms with E-state index in [0.717, 1.165) is 11.5 Å². The molecule has 0 saturated heterocycles. The molecule has 0 aliphatic carbocycles. The number of halogens is 2. The number of nitrogens with one attached hydrogen (secondary N) is 2. The minimum absolute atomic E-state index is 0.0335. The fraction of sp³-hybridized carbons (Fsp3) is 0.100. The SMILES string of the molecule is CSc1c(Oc2ccc(F)c(-c3ncc(C(C)(C#N)c4cccc(C=CC(=O)O)c4)[nH]3)c2)c(F)cc2[nH]ccc12. The number of carboxylic acid groups (broad SMARTS) is 1. The lowest BCUT2D eigenvalue weighted by Gasteiger charge is -2.21.